The second-order valence-corrected chi connectivity index (χ2v) is 4.78. The quantitative estimate of drug-likeness (QED) is 0.876. The summed E-state index contributed by atoms with van der Waals surface area (Å²) in [6.45, 7) is 1.90. The molecule has 18 heavy (non-hydrogen) atoms. The topological polar surface area (TPSA) is 55.6 Å². The van der Waals surface area contributed by atoms with Crippen LogP contribution in [-0.2, 0) is 13.5 Å². The van der Waals surface area contributed by atoms with Crippen LogP contribution >= 0.6 is 0 Å². The molecule has 0 aliphatic heterocycles. The maximum Gasteiger partial charge on any atom is 0.130 e. The Kier molecular flexibility index (Phi) is 2.74. The summed E-state index contributed by atoms with van der Waals surface area (Å²) < 4.78 is 1.90. The predicted molar refractivity (Wildman–Crippen MR) is 69.3 cm³/mol. The van der Waals surface area contributed by atoms with Crippen molar-refractivity contribution in [2.75, 3.05) is 5.32 Å². The molecular weight excluding hydrogens is 226 g/mol. The molecule has 3 rings (SSSR count). The average molecular weight is 243 g/mol. The second-order valence-electron chi connectivity index (χ2n) is 4.78. The fraction of sp³-hybridized carbons (Fsp3) is 0.462. The number of aromatic nitrogens is 4. The molecule has 0 aromatic carbocycles. The highest BCUT2D eigenvalue weighted by atomic mass is 15.3. The van der Waals surface area contributed by atoms with Gasteiger partial charge in [-0.25, -0.2) is 9.97 Å². The lowest BCUT2D eigenvalue weighted by Crippen LogP contribution is -2.17. The van der Waals surface area contributed by atoms with Gasteiger partial charge in [-0.2, -0.15) is 5.10 Å². The number of anilines is 1. The molecule has 2 heterocycles. The summed E-state index contributed by atoms with van der Waals surface area (Å²) in [5.74, 6) is 1.69. The van der Waals surface area contributed by atoms with Crippen molar-refractivity contribution in [3.63, 3.8) is 0 Å². The normalized spacial score (nSPS) is 18.4. The molecule has 1 atom stereocenters. The molecule has 1 N–H and O–H groups in total. The maximum atomic E-state index is 4.50. The standard InChI is InChI=1S/C13H17N5/c1-9-14-7-6-13(15-9)16-11-4-3-5-12-10(11)8-18(2)17-12/h6-8,11H,3-5H2,1-2H3,(H,14,15,16)/t11-/m1/s1. The second kappa shape index (κ2) is 4.40. The van der Waals surface area contributed by atoms with E-state index in [0.717, 1.165) is 24.5 Å². The number of hydrogen-bond acceptors (Lipinski definition) is 4. The van der Waals surface area contributed by atoms with Crippen molar-refractivity contribution < 1.29 is 0 Å². The summed E-state index contributed by atoms with van der Waals surface area (Å²) in [6.07, 6.45) is 7.28. The molecule has 0 saturated heterocycles. The molecule has 1 aliphatic carbocycles. The van der Waals surface area contributed by atoms with Gasteiger partial charge in [0.15, 0.2) is 0 Å². The van der Waals surface area contributed by atoms with Crippen LogP contribution < -0.4 is 5.32 Å². The third-order valence-electron chi connectivity index (χ3n) is 3.32. The summed E-state index contributed by atoms with van der Waals surface area (Å²) in [6, 6.07) is 2.23. The molecule has 5 nitrogen and oxygen atoms in total. The van der Waals surface area contributed by atoms with Gasteiger partial charge in [-0.3, -0.25) is 4.68 Å². The lowest BCUT2D eigenvalue weighted by atomic mass is 9.93. The van der Waals surface area contributed by atoms with Crippen molar-refractivity contribution in [1.29, 1.82) is 0 Å². The molecule has 5 heteroatoms. The summed E-state index contributed by atoms with van der Waals surface area (Å²) in [4.78, 5) is 8.51. The SMILES string of the molecule is Cc1nccc(N[C@@H]2CCCc3nn(C)cc32)n1. The highest BCUT2D eigenvalue weighted by Crippen LogP contribution is 2.31. The fourth-order valence-electron chi connectivity index (χ4n) is 2.53. The van der Waals surface area contributed by atoms with Gasteiger partial charge in [0.2, 0.25) is 0 Å². The molecule has 0 fully saturated rings. The van der Waals surface area contributed by atoms with E-state index in [4.69, 9.17) is 0 Å². The summed E-state index contributed by atoms with van der Waals surface area (Å²) in [5, 5.41) is 7.99. The van der Waals surface area contributed by atoms with E-state index in [1.54, 1.807) is 6.20 Å². The molecule has 0 amide bonds. The zero-order valence-corrected chi connectivity index (χ0v) is 10.7. The van der Waals surface area contributed by atoms with Crippen molar-refractivity contribution in [3.05, 3.63) is 35.5 Å². The number of nitrogens with zero attached hydrogens (tertiary/aromatic N) is 4. The minimum Gasteiger partial charge on any atom is -0.363 e. The van der Waals surface area contributed by atoms with Gasteiger partial charge >= 0.3 is 0 Å². The maximum absolute atomic E-state index is 4.50. The Hall–Kier alpha value is -1.91. The fourth-order valence-corrected chi connectivity index (χ4v) is 2.53. The molecule has 2 aromatic heterocycles. The van der Waals surface area contributed by atoms with Crippen molar-refractivity contribution in [2.45, 2.75) is 32.2 Å². The first-order valence-electron chi connectivity index (χ1n) is 6.31. The zero-order chi connectivity index (χ0) is 12.5. The monoisotopic (exact) mass is 243 g/mol. The summed E-state index contributed by atoms with van der Waals surface area (Å²) >= 11 is 0. The van der Waals surface area contributed by atoms with Crippen LogP contribution in [0.3, 0.4) is 0 Å². The van der Waals surface area contributed by atoms with Gasteiger partial charge in [0.05, 0.1) is 11.7 Å². The minimum absolute atomic E-state index is 0.316. The molecule has 0 radical (unpaired) electrons. The molecule has 0 saturated carbocycles. The number of fused-ring (bicyclic) bond motifs is 1. The Morgan fingerprint density at radius 3 is 3.17 bits per heavy atom. The van der Waals surface area contributed by atoms with Crippen LogP contribution in [0.15, 0.2) is 18.5 Å². The van der Waals surface area contributed by atoms with E-state index in [1.807, 2.05) is 24.7 Å². The Labute approximate surface area is 106 Å². The van der Waals surface area contributed by atoms with Crippen LogP contribution in [0.25, 0.3) is 0 Å². The van der Waals surface area contributed by atoms with Crippen molar-refractivity contribution >= 4 is 5.82 Å². The first-order valence-corrected chi connectivity index (χ1v) is 6.31. The van der Waals surface area contributed by atoms with Gasteiger partial charge in [-0.1, -0.05) is 0 Å². The third-order valence-corrected chi connectivity index (χ3v) is 3.32. The Balaban J connectivity index is 1.86. The lowest BCUT2D eigenvalue weighted by molar-refractivity contribution is 0.591. The highest BCUT2D eigenvalue weighted by molar-refractivity contribution is 5.39. The van der Waals surface area contributed by atoms with Crippen LogP contribution in [0.2, 0.25) is 0 Å². The number of aryl methyl sites for hydroxylation is 3. The van der Waals surface area contributed by atoms with E-state index < -0.39 is 0 Å². The van der Waals surface area contributed by atoms with E-state index in [2.05, 4.69) is 26.6 Å². The average Bonchev–Trinajstić information content (AvgIpc) is 2.71. The highest BCUT2D eigenvalue weighted by Gasteiger charge is 2.23. The molecule has 0 bridgehead atoms. The van der Waals surface area contributed by atoms with Crippen molar-refractivity contribution in [3.8, 4) is 0 Å². The van der Waals surface area contributed by atoms with Gasteiger partial charge < -0.3 is 5.32 Å². The van der Waals surface area contributed by atoms with Crippen LogP contribution in [-0.4, -0.2) is 19.7 Å². The molecule has 0 unspecified atom stereocenters. The van der Waals surface area contributed by atoms with Gasteiger partial charge in [-0.05, 0) is 32.3 Å². The van der Waals surface area contributed by atoms with Crippen molar-refractivity contribution in [1.82, 2.24) is 19.7 Å². The molecule has 94 valence electrons. The number of rotatable bonds is 2. The number of hydrogen-bond donors (Lipinski definition) is 1. The van der Waals surface area contributed by atoms with E-state index in [1.165, 1.54) is 17.7 Å². The number of nitrogens with one attached hydrogen (secondary N) is 1. The van der Waals surface area contributed by atoms with E-state index in [-0.39, 0.29) is 0 Å². The molecule has 0 spiro atoms. The van der Waals surface area contributed by atoms with Gasteiger partial charge in [0, 0.05) is 25.0 Å². The molecular formula is C13H17N5. The Morgan fingerprint density at radius 1 is 1.44 bits per heavy atom. The lowest BCUT2D eigenvalue weighted by Gasteiger charge is -2.23. The van der Waals surface area contributed by atoms with Gasteiger partial charge in [0.25, 0.3) is 0 Å². The van der Waals surface area contributed by atoms with Crippen LogP contribution in [0.5, 0.6) is 0 Å². The van der Waals surface area contributed by atoms with E-state index in [9.17, 15) is 0 Å². The van der Waals surface area contributed by atoms with Crippen LogP contribution in [0.1, 0.15) is 36.0 Å². The minimum atomic E-state index is 0.316. The van der Waals surface area contributed by atoms with E-state index >= 15 is 0 Å². The van der Waals surface area contributed by atoms with Gasteiger partial charge in [0.1, 0.15) is 11.6 Å². The first-order chi connectivity index (χ1) is 8.72. The largest absolute Gasteiger partial charge is 0.363 e. The zero-order valence-electron chi connectivity index (χ0n) is 10.7. The summed E-state index contributed by atoms with van der Waals surface area (Å²) in [7, 11) is 1.98. The first kappa shape index (κ1) is 11.2. The van der Waals surface area contributed by atoms with Crippen LogP contribution in [0.4, 0.5) is 5.82 Å². The van der Waals surface area contributed by atoms with Crippen LogP contribution in [0, 0.1) is 6.92 Å². The predicted octanol–water partition coefficient (Wildman–Crippen LogP) is 2.01. The Bertz CT molecular complexity index is 560. The molecule has 1 aliphatic rings. The third kappa shape index (κ3) is 2.08. The summed E-state index contributed by atoms with van der Waals surface area (Å²) in [5.41, 5.74) is 2.52. The smallest absolute Gasteiger partial charge is 0.130 e. The van der Waals surface area contributed by atoms with Gasteiger partial charge in [-0.15, -0.1) is 0 Å². The van der Waals surface area contributed by atoms with Crippen molar-refractivity contribution in [2.24, 2.45) is 7.05 Å². The van der Waals surface area contributed by atoms with E-state index in [0.29, 0.717) is 6.04 Å². The molecule has 2 aromatic rings. The Morgan fingerprint density at radius 2 is 2.33 bits per heavy atom.